The highest BCUT2D eigenvalue weighted by Gasteiger charge is 2.24. The molecule has 1 amide bonds. The first-order valence-corrected chi connectivity index (χ1v) is 8.32. The highest BCUT2D eigenvalue weighted by Crippen LogP contribution is 2.13. The number of rotatable bonds is 7. The van der Waals surface area contributed by atoms with Gasteiger partial charge in [-0.1, -0.05) is 19.0 Å². The van der Waals surface area contributed by atoms with Crippen molar-refractivity contribution < 1.29 is 9.32 Å². The van der Waals surface area contributed by atoms with E-state index >= 15 is 0 Å². The standard InChI is InChI=1S/C16H29N5O2/c1-12(2)16-17-14(23-18-16)11-21(5)15(22)7-9-20(4)13-6-8-19(3)10-13/h12-13H,6-11H2,1-5H3/t13-/m1/s1. The molecule has 7 nitrogen and oxygen atoms in total. The molecule has 23 heavy (non-hydrogen) atoms. The maximum absolute atomic E-state index is 12.3. The van der Waals surface area contributed by atoms with Gasteiger partial charge in [0.25, 0.3) is 0 Å². The number of likely N-dealkylation sites (N-methyl/N-ethyl adjacent to an activating group) is 2. The number of hydrogen-bond donors (Lipinski definition) is 0. The van der Waals surface area contributed by atoms with Gasteiger partial charge in [-0.3, -0.25) is 4.79 Å². The lowest BCUT2D eigenvalue weighted by Gasteiger charge is -2.24. The van der Waals surface area contributed by atoms with Gasteiger partial charge in [0.1, 0.15) is 0 Å². The smallest absolute Gasteiger partial charge is 0.246 e. The first kappa shape index (κ1) is 17.9. The molecular formula is C16H29N5O2. The summed E-state index contributed by atoms with van der Waals surface area (Å²) in [4.78, 5) is 22.9. The predicted molar refractivity (Wildman–Crippen MR) is 88.0 cm³/mol. The Hall–Kier alpha value is -1.47. The third kappa shape index (κ3) is 5.00. The molecule has 1 saturated heterocycles. The van der Waals surface area contributed by atoms with Crippen molar-refractivity contribution >= 4 is 5.91 Å². The topological polar surface area (TPSA) is 65.7 Å². The van der Waals surface area contributed by atoms with Crippen molar-refractivity contribution in [1.29, 1.82) is 0 Å². The van der Waals surface area contributed by atoms with E-state index in [0.717, 1.165) is 19.6 Å². The molecule has 0 unspecified atom stereocenters. The highest BCUT2D eigenvalue weighted by molar-refractivity contribution is 5.75. The van der Waals surface area contributed by atoms with E-state index in [9.17, 15) is 4.79 Å². The third-order valence-corrected chi connectivity index (χ3v) is 4.47. The van der Waals surface area contributed by atoms with Crippen LogP contribution in [0.1, 0.15) is 44.3 Å². The van der Waals surface area contributed by atoms with Crippen LogP contribution in [0, 0.1) is 0 Å². The molecule has 2 rings (SSSR count). The van der Waals surface area contributed by atoms with E-state index < -0.39 is 0 Å². The maximum Gasteiger partial charge on any atom is 0.246 e. The molecule has 1 aromatic rings. The van der Waals surface area contributed by atoms with E-state index in [2.05, 4.69) is 34.0 Å². The highest BCUT2D eigenvalue weighted by atomic mass is 16.5. The van der Waals surface area contributed by atoms with Crippen molar-refractivity contribution in [2.75, 3.05) is 40.8 Å². The zero-order valence-electron chi connectivity index (χ0n) is 14.9. The van der Waals surface area contributed by atoms with Crippen molar-refractivity contribution in [2.45, 2.75) is 45.2 Å². The van der Waals surface area contributed by atoms with E-state index in [-0.39, 0.29) is 11.8 Å². The predicted octanol–water partition coefficient (Wildman–Crippen LogP) is 1.18. The Morgan fingerprint density at radius 1 is 1.43 bits per heavy atom. The number of carbonyl (C=O) groups is 1. The van der Waals surface area contributed by atoms with Gasteiger partial charge in [-0.05, 0) is 27.1 Å². The fourth-order valence-electron chi connectivity index (χ4n) is 2.77. The summed E-state index contributed by atoms with van der Waals surface area (Å²) in [6.45, 7) is 7.40. The fraction of sp³-hybridized carbons (Fsp3) is 0.812. The molecule has 0 aliphatic carbocycles. The van der Waals surface area contributed by atoms with E-state index in [4.69, 9.17) is 4.52 Å². The quantitative estimate of drug-likeness (QED) is 0.751. The zero-order valence-corrected chi connectivity index (χ0v) is 14.9. The molecule has 1 aliphatic rings. The fourth-order valence-corrected chi connectivity index (χ4v) is 2.77. The summed E-state index contributed by atoms with van der Waals surface area (Å²) in [6.07, 6.45) is 1.69. The average Bonchev–Trinajstić information content (AvgIpc) is 3.13. The molecule has 1 aliphatic heterocycles. The van der Waals surface area contributed by atoms with Crippen LogP contribution >= 0.6 is 0 Å². The minimum absolute atomic E-state index is 0.104. The van der Waals surface area contributed by atoms with E-state index in [0.29, 0.717) is 30.7 Å². The van der Waals surface area contributed by atoms with Crippen molar-refractivity contribution in [2.24, 2.45) is 0 Å². The molecule has 0 spiro atoms. The van der Waals surface area contributed by atoms with Crippen molar-refractivity contribution in [3.63, 3.8) is 0 Å². The second-order valence-electron chi connectivity index (χ2n) is 6.89. The monoisotopic (exact) mass is 323 g/mol. The van der Waals surface area contributed by atoms with Gasteiger partial charge in [0, 0.05) is 38.5 Å². The molecule has 7 heteroatoms. The van der Waals surface area contributed by atoms with Crippen LogP contribution in [-0.4, -0.2) is 77.6 Å². The average molecular weight is 323 g/mol. The molecule has 1 atom stereocenters. The summed E-state index contributed by atoms with van der Waals surface area (Å²) in [7, 11) is 6.03. The minimum Gasteiger partial charge on any atom is -0.337 e. The molecule has 0 bridgehead atoms. The van der Waals surface area contributed by atoms with Crippen LogP contribution < -0.4 is 0 Å². The van der Waals surface area contributed by atoms with Gasteiger partial charge in [-0.2, -0.15) is 4.98 Å². The number of aromatic nitrogens is 2. The number of nitrogens with zero attached hydrogens (tertiary/aromatic N) is 5. The first-order valence-electron chi connectivity index (χ1n) is 8.32. The van der Waals surface area contributed by atoms with Crippen LogP contribution in [-0.2, 0) is 11.3 Å². The molecule has 1 fully saturated rings. The van der Waals surface area contributed by atoms with Crippen molar-refractivity contribution in [3.8, 4) is 0 Å². The Labute approximate surface area is 138 Å². The molecule has 0 radical (unpaired) electrons. The molecule has 130 valence electrons. The van der Waals surface area contributed by atoms with Gasteiger partial charge in [0.05, 0.1) is 6.54 Å². The van der Waals surface area contributed by atoms with Gasteiger partial charge in [0.15, 0.2) is 5.82 Å². The van der Waals surface area contributed by atoms with Crippen LogP contribution in [0.3, 0.4) is 0 Å². The molecule has 0 saturated carbocycles. The summed E-state index contributed by atoms with van der Waals surface area (Å²) in [6, 6.07) is 0.558. The minimum atomic E-state index is 0.104. The van der Waals surface area contributed by atoms with Crippen molar-refractivity contribution in [1.82, 2.24) is 24.8 Å². The third-order valence-electron chi connectivity index (χ3n) is 4.47. The van der Waals surface area contributed by atoms with Gasteiger partial charge < -0.3 is 19.2 Å². The van der Waals surface area contributed by atoms with E-state index in [1.807, 2.05) is 13.8 Å². The van der Waals surface area contributed by atoms with Gasteiger partial charge >= 0.3 is 0 Å². The van der Waals surface area contributed by atoms with E-state index in [1.165, 1.54) is 6.42 Å². The summed E-state index contributed by atoms with van der Waals surface area (Å²) < 4.78 is 5.19. The van der Waals surface area contributed by atoms with Crippen molar-refractivity contribution in [3.05, 3.63) is 11.7 Å². The largest absolute Gasteiger partial charge is 0.337 e. The van der Waals surface area contributed by atoms with Gasteiger partial charge in [-0.25, -0.2) is 0 Å². The summed E-state index contributed by atoms with van der Waals surface area (Å²) in [5.74, 6) is 1.51. The Bertz CT molecular complexity index is 516. The normalized spacial score (nSPS) is 19.0. The number of likely N-dealkylation sites (tertiary alicyclic amines) is 1. The first-order chi connectivity index (χ1) is 10.9. The second kappa shape index (κ2) is 7.88. The molecular weight excluding hydrogens is 294 g/mol. The Balaban J connectivity index is 1.75. The molecule has 1 aromatic heterocycles. The summed E-state index contributed by atoms with van der Waals surface area (Å²) >= 11 is 0. The summed E-state index contributed by atoms with van der Waals surface area (Å²) in [5, 5.41) is 3.92. The lowest BCUT2D eigenvalue weighted by atomic mass is 10.2. The van der Waals surface area contributed by atoms with Crippen LogP contribution in [0.25, 0.3) is 0 Å². The number of carbonyl (C=O) groups excluding carboxylic acids is 1. The Morgan fingerprint density at radius 2 is 2.17 bits per heavy atom. The molecule has 0 aromatic carbocycles. The van der Waals surface area contributed by atoms with Gasteiger partial charge in [0.2, 0.25) is 11.8 Å². The number of hydrogen-bond acceptors (Lipinski definition) is 6. The second-order valence-corrected chi connectivity index (χ2v) is 6.89. The van der Waals surface area contributed by atoms with E-state index in [1.54, 1.807) is 11.9 Å². The molecule has 2 heterocycles. The Morgan fingerprint density at radius 3 is 2.74 bits per heavy atom. The van der Waals surface area contributed by atoms with Crippen LogP contribution in [0.5, 0.6) is 0 Å². The van der Waals surface area contributed by atoms with Crippen LogP contribution in [0.15, 0.2) is 4.52 Å². The molecule has 0 N–H and O–H groups in total. The summed E-state index contributed by atoms with van der Waals surface area (Å²) in [5.41, 5.74) is 0. The maximum atomic E-state index is 12.3. The lowest BCUT2D eigenvalue weighted by Crippen LogP contribution is -2.37. The zero-order chi connectivity index (χ0) is 17.0. The van der Waals surface area contributed by atoms with Crippen LogP contribution in [0.4, 0.5) is 0 Å². The van der Waals surface area contributed by atoms with Gasteiger partial charge in [-0.15, -0.1) is 0 Å². The Kier molecular flexibility index (Phi) is 6.12. The van der Waals surface area contributed by atoms with Crippen LogP contribution in [0.2, 0.25) is 0 Å². The number of amides is 1. The SMILES string of the molecule is CC(C)c1noc(CN(C)C(=O)CCN(C)[C@@H]2CCN(C)C2)n1. The lowest BCUT2D eigenvalue weighted by molar-refractivity contribution is -0.131.